The van der Waals surface area contributed by atoms with Crippen molar-refractivity contribution in [1.82, 2.24) is 30.4 Å². The number of hydrogen-bond donors (Lipinski definition) is 2. The van der Waals surface area contributed by atoms with Gasteiger partial charge in [0.05, 0.1) is 23.3 Å². The van der Waals surface area contributed by atoms with Crippen LogP contribution >= 0.6 is 35.3 Å². The molecule has 0 saturated heterocycles. The van der Waals surface area contributed by atoms with E-state index in [1.807, 2.05) is 25.5 Å². The van der Waals surface area contributed by atoms with E-state index in [2.05, 4.69) is 32.6 Å². The number of nitrogens with zero attached hydrogens (tertiary/aromatic N) is 5. The first-order valence-corrected chi connectivity index (χ1v) is 9.27. The third-order valence-electron chi connectivity index (χ3n) is 4.02. The molecule has 3 rings (SSSR count). The lowest BCUT2D eigenvalue weighted by molar-refractivity contribution is 0.397. The number of aryl methyl sites for hydroxylation is 4. The van der Waals surface area contributed by atoms with Gasteiger partial charge in [0.15, 0.2) is 5.96 Å². The van der Waals surface area contributed by atoms with Gasteiger partial charge in [0.25, 0.3) is 0 Å². The second kappa shape index (κ2) is 8.93. The lowest BCUT2D eigenvalue weighted by atomic mass is 10.1. The summed E-state index contributed by atoms with van der Waals surface area (Å²) in [6.07, 6.45) is 2.14. The normalized spacial score (nSPS) is 17.0. The van der Waals surface area contributed by atoms with Crippen LogP contribution in [0.2, 0.25) is 0 Å². The highest BCUT2D eigenvalue weighted by atomic mass is 127. The molecule has 0 bridgehead atoms. The number of nitrogens with one attached hydrogen (secondary N) is 2. The van der Waals surface area contributed by atoms with E-state index in [1.165, 1.54) is 4.88 Å². The summed E-state index contributed by atoms with van der Waals surface area (Å²) in [5.41, 5.74) is 1.07. The standard InChI is InChI=1S/C16H25N7S.HI/c1-5-17-16(18-9-14-10(2)19-12(4)24-14)21-13-7-6-8-23-15(13)20-11(3)22-23;/h13H,5-9H2,1-4H3,(H2,17,18,21);1H. The Kier molecular flexibility index (Phi) is 7.17. The summed E-state index contributed by atoms with van der Waals surface area (Å²) in [7, 11) is 0. The molecule has 1 aliphatic heterocycles. The number of fused-ring (bicyclic) bond motifs is 1. The van der Waals surface area contributed by atoms with Crippen molar-refractivity contribution in [2.24, 2.45) is 4.99 Å². The first-order chi connectivity index (χ1) is 11.6. The van der Waals surface area contributed by atoms with Crippen LogP contribution in [0.25, 0.3) is 0 Å². The predicted molar refractivity (Wildman–Crippen MR) is 112 cm³/mol. The topological polar surface area (TPSA) is 80.0 Å². The van der Waals surface area contributed by atoms with Crippen LogP contribution in [0.4, 0.5) is 0 Å². The van der Waals surface area contributed by atoms with Gasteiger partial charge in [-0.1, -0.05) is 0 Å². The zero-order valence-corrected chi connectivity index (χ0v) is 18.3. The van der Waals surface area contributed by atoms with Gasteiger partial charge in [-0.3, -0.25) is 0 Å². The molecule has 0 fully saturated rings. The molecule has 2 N–H and O–H groups in total. The third kappa shape index (κ3) is 4.90. The molecule has 0 amide bonds. The minimum absolute atomic E-state index is 0. The molecule has 138 valence electrons. The number of halogens is 1. The summed E-state index contributed by atoms with van der Waals surface area (Å²) in [4.78, 5) is 15.0. The Morgan fingerprint density at radius 1 is 1.32 bits per heavy atom. The second-order valence-electron chi connectivity index (χ2n) is 6.02. The van der Waals surface area contributed by atoms with E-state index in [0.717, 1.165) is 54.2 Å². The van der Waals surface area contributed by atoms with Crippen molar-refractivity contribution in [2.45, 2.75) is 59.7 Å². The van der Waals surface area contributed by atoms with Crippen molar-refractivity contribution in [1.29, 1.82) is 0 Å². The van der Waals surface area contributed by atoms with Crippen molar-refractivity contribution in [3.63, 3.8) is 0 Å². The monoisotopic (exact) mass is 475 g/mol. The van der Waals surface area contributed by atoms with Gasteiger partial charge in [0.2, 0.25) is 0 Å². The van der Waals surface area contributed by atoms with Gasteiger partial charge in [-0.2, -0.15) is 5.10 Å². The molecule has 1 atom stereocenters. The van der Waals surface area contributed by atoms with Gasteiger partial charge in [-0.25, -0.2) is 19.6 Å². The largest absolute Gasteiger partial charge is 0.357 e. The molecule has 0 spiro atoms. The molecular formula is C16H26IN7S. The summed E-state index contributed by atoms with van der Waals surface area (Å²) < 4.78 is 2.01. The molecule has 2 aromatic rings. The minimum Gasteiger partial charge on any atom is -0.357 e. The predicted octanol–water partition coefficient (Wildman–Crippen LogP) is 2.87. The first-order valence-electron chi connectivity index (χ1n) is 8.46. The van der Waals surface area contributed by atoms with Crippen molar-refractivity contribution in [3.05, 3.63) is 27.2 Å². The van der Waals surface area contributed by atoms with Gasteiger partial charge in [0, 0.05) is 18.0 Å². The van der Waals surface area contributed by atoms with E-state index >= 15 is 0 Å². The van der Waals surface area contributed by atoms with Crippen molar-refractivity contribution in [3.8, 4) is 0 Å². The second-order valence-corrected chi connectivity index (χ2v) is 7.30. The maximum Gasteiger partial charge on any atom is 0.192 e. The number of rotatable bonds is 4. The summed E-state index contributed by atoms with van der Waals surface area (Å²) in [5, 5.41) is 12.4. The molecular weight excluding hydrogens is 449 g/mol. The summed E-state index contributed by atoms with van der Waals surface area (Å²) in [6.45, 7) is 10.5. The van der Waals surface area contributed by atoms with E-state index in [9.17, 15) is 0 Å². The Labute approximate surface area is 169 Å². The van der Waals surface area contributed by atoms with Crippen molar-refractivity contribution in [2.75, 3.05) is 6.54 Å². The fourth-order valence-electron chi connectivity index (χ4n) is 2.96. The van der Waals surface area contributed by atoms with Crippen molar-refractivity contribution < 1.29 is 0 Å². The van der Waals surface area contributed by atoms with Crippen LogP contribution in [-0.4, -0.2) is 32.3 Å². The SMILES string of the molecule is CCNC(=NCc1sc(C)nc1C)NC1CCCn2nc(C)nc21.I. The fourth-order valence-corrected chi connectivity index (χ4v) is 3.82. The Bertz CT molecular complexity index is 737. The maximum absolute atomic E-state index is 4.74. The molecule has 0 aromatic carbocycles. The van der Waals surface area contributed by atoms with E-state index in [-0.39, 0.29) is 30.0 Å². The molecule has 0 aliphatic carbocycles. The molecule has 9 heteroatoms. The van der Waals surface area contributed by atoms with Crippen LogP contribution in [0.3, 0.4) is 0 Å². The Morgan fingerprint density at radius 2 is 2.12 bits per heavy atom. The molecule has 0 saturated carbocycles. The molecule has 25 heavy (non-hydrogen) atoms. The number of hydrogen-bond acceptors (Lipinski definition) is 5. The molecule has 0 radical (unpaired) electrons. The zero-order valence-electron chi connectivity index (χ0n) is 15.2. The Morgan fingerprint density at radius 3 is 2.80 bits per heavy atom. The van der Waals surface area contributed by atoms with E-state index in [1.54, 1.807) is 11.3 Å². The van der Waals surface area contributed by atoms with Gasteiger partial charge >= 0.3 is 0 Å². The van der Waals surface area contributed by atoms with Gasteiger partial charge in [0.1, 0.15) is 11.6 Å². The number of thiazole rings is 1. The van der Waals surface area contributed by atoms with Crippen molar-refractivity contribution >= 4 is 41.3 Å². The highest BCUT2D eigenvalue weighted by Gasteiger charge is 2.24. The first kappa shape index (κ1) is 20.1. The number of aromatic nitrogens is 4. The highest BCUT2D eigenvalue weighted by molar-refractivity contribution is 14.0. The highest BCUT2D eigenvalue weighted by Crippen LogP contribution is 2.23. The Hall–Kier alpha value is -1.23. The van der Waals surface area contributed by atoms with Crippen LogP contribution in [0.15, 0.2) is 4.99 Å². The summed E-state index contributed by atoms with van der Waals surface area (Å²) in [6, 6.07) is 0.155. The van der Waals surface area contributed by atoms with E-state index < -0.39 is 0 Å². The van der Waals surface area contributed by atoms with Crippen LogP contribution in [-0.2, 0) is 13.1 Å². The Balaban J connectivity index is 0.00000225. The van der Waals surface area contributed by atoms with Gasteiger partial charge in [-0.15, -0.1) is 35.3 Å². The van der Waals surface area contributed by atoms with E-state index in [4.69, 9.17) is 4.99 Å². The maximum atomic E-state index is 4.74. The lowest BCUT2D eigenvalue weighted by Crippen LogP contribution is -2.41. The van der Waals surface area contributed by atoms with Crippen LogP contribution in [0.5, 0.6) is 0 Å². The molecule has 2 aromatic heterocycles. The van der Waals surface area contributed by atoms with Crippen LogP contribution in [0, 0.1) is 20.8 Å². The molecule has 7 nitrogen and oxygen atoms in total. The number of aliphatic imine (C=N–C) groups is 1. The summed E-state index contributed by atoms with van der Waals surface area (Å²) >= 11 is 1.71. The average molecular weight is 475 g/mol. The number of guanidine groups is 1. The smallest absolute Gasteiger partial charge is 0.192 e. The quantitative estimate of drug-likeness (QED) is 0.404. The molecule has 1 aliphatic rings. The fraction of sp³-hybridized carbons (Fsp3) is 0.625. The lowest BCUT2D eigenvalue weighted by Gasteiger charge is -2.25. The molecule has 1 unspecified atom stereocenters. The van der Waals surface area contributed by atoms with Gasteiger partial charge in [-0.05, 0) is 40.5 Å². The zero-order chi connectivity index (χ0) is 17.1. The molecule has 3 heterocycles. The summed E-state index contributed by atoms with van der Waals surface area (Å²) in [5.74, 6) is 2.66. The van der Waals surface area contributed by atoms with Gasteiger partial charge < -0.3 is 10.6 Å². The minimum atomic E-state index is 0. The van der Waals surface area contributed by atoms with E-state index in [0.29, 0.717) is 6.54 Å². The van der Waals surface area contributed by atoms with Crippen LogP contribution in [0.1, 0.15) is 53.0 Å². The van der Waals surface area contributed by atoms with Crippen LogP contribution < -0.4 is 10.6 Å². The third-order valence-corrected chi connectivity index (χ3v) is 5.07. The average Bonchev–Trinajstić information content (AvgIpc) is 3.06.